The summed E-state index contributed by atoms with van der Waals surface area (Å²) in [6.07, 6.45) is -1.62. The van der Waals surface area contributed by atoms with Crippen LogP contribution in [0.3, 0.4) is 0 Å². The van der Waals surface area contributed by atoms with Gasteiger partial charge in [-0.2, -0.15) is 0 Å². The van der Waals surface area contributed by atoms with E-state index in [1.165, 1.54) is 24.3 Å². The SMILES string of the molecule is Oc1ccc([C@H]2c3c(O)cc(O)cc3C3c4c(cc(O)cc4[C@H]2[C@@H]2c4cc(O)cc5c4C(c4cc(O)cc(O)c4[C@@H]2c2ccc(O)cc2)[C@H](c2ccc(O)cc2)O5)O[C@H]3c2ccc(O)cc2)cc1. The molecule has 12 rings (SSSR count). The van der Waals surface area contributed by atoms with Gasteiger partial charge < -0.3 is 60.5 Å². The van der Waals surface area contributed by atoms with Crippen LogP contribution in [0.1, 0.15) is 114 Å². The van der Waals surface area contributed by atoms with Gasteiger partial charge in [-0.15, -0.1) is 0 Å². The lowest BCUT2D eigenvalue weighted by Gasteiger charge is -2.40. The van der Waals surface area contributed by atoms with Crippen LogP contribution in [0, 0.1) is 0 Å². The molecule has 68 heavy (non-hydrogen) atoms. The third-order valence-electron chi connectivity index (χ3n) is 14.5. The van der Waals surface area contributed by atoms with E-state index in [1.807, 2.05) is 0 Å². The lowest BCUT2D eigenvalue weighted by molar-refractivity contribution is 0.221. The maximum absolute atomic E-state index is 12.5. The second-order valence-corrected chi connectivity index (χ2v) is 18.2. The average molecular weight is 907 g/mol. The molecule has 0 saturated carbocycles. The summed E-state index contributed by atoms with van der Waals surface area (Å²) in [6.45, 7) is 0. The van der Waals surface area contributed by atoms with Crippen LogP contribution in [0.2, 0.25) is 0 Å². The summed E-state index contributed by atoms with van der Waals surface area (Å²) in [5.74, 6) is -5.69. The van der Waals surface area contributed by atoms with Crippen LogP contribution in [-0.2, 0) is 0 Å². The van der Waals surface area contributed by atoms with Gasteiger partial charge in [-0.3, -0.25) is 0 Å². The fourth-order valence-corrected chi connectivity index (χ4v) is 12.0. The summed E-state index contributed by atoms with van der Waals surface area (Å²) in [4.78, 5) is 0. The highest BCUT2D eigenvalue weighted by molar-refractivity contribution is 5.71. The largest absolute Gasteiger partial charge is 0.508 e. The summed E-state index contributed by atoms with van der Waals surface area (Å²) in [6, 6.07) is 38.4. The van der Waals surface area contributed by atoms with Gasteiger partial charge in [-0.05, 0) is 117 Å². The molecule has 0 radical (unpaired) electrons. The van der Waals surface area contributed by atoms with E-state index in [0.29, 0.717) is 78.3 Å². The fraction of sp³-hybridized carbons (Fsp3) is 0.143. The number of aromatic hydroxyl groups is 10. The summed E-state index contributed by atoms with van der Waals surface area (Å²) in [7, 11) is 0. The molecular weight excluding hydrogens is 865 g/mol. The number of ether oxygens (including phenoxy) is 2. The molecule has 12 nitrogen and oxygen atoms in total. The molecule has 2 aliphatic carbocycles. The van der Waals surface area contributed by atoms with Crippen LogP contribution in [0.4, 0.5) is 0 Å². The van der Waals surface area contributed by atoms with Gasteiger partial charge in [0.05, 0.1) is 11.8 Å². The van der Waals surface area contributed by atoms with Gasteiger partial charge in [0.25, 0.3) is 0 Å². The van der Waals surface area contributed by atoms with E-state index >= 15 is 0 Å². The molecule has 8 atom stereocenters. The van der Waals surface area contributed by atoms with E-state index in [-0.39, 0.29) is 57.5 Å². The first-order chi connectivity index (χ1) is 32.8. The Kier molecular flexibility index (Phi) is 8.97. The molecule has 8 aromatic carbocycles. The zero-order valence-corrected chi connectivity index (χ0v) is 35.8. The standard InChI is InChI=1S/C56H42O12/c57-29-9-1-25(2-10-29)45-47-37(17-33(61)21-41(47)65)53-49-39(19-35(63)23-43(49)67-55(53)27-5-13-31(59)14-6-27)51(45)52-40-20-36(64)24-44-50(40)54(56(68-44)28-7-15-32(60)16-8-28)38-18-34(62)22-42(66)48(38)46(52)26-3-11-30(58)12-4-26/h1-24,45-46,51-66H/t45-,46-,51+,52+,53?,54?,55-,56-/m0/s1. The molecule has 12 heteroatoms. The van der Waals surface area contributed by atoms with Crippen molar-refractivity contribution in [1.82, 2.24) is 0 Å². The lowest BCUT2D eigenvalue weighted by Crippen LogP contribution is -2.26. The minimum atomic E-state index is -0.918. The zero-order valence-electron chi connectivity index (χ0n) is 35.8. The molecule has 2 aliphatic heterocycles. The highest BCUT2D eigenvalue weighted by atomic mass is 16.5. The molecule has 0 aromatic heterocycles. The molecule has 338 valence electrons. The highest BCUT2D eigenvalue weighted by Crippen LogP contribution is 2.69. The zero-order chi connectivity index (χ0) is 46.9. The molecule has 2 heterocycles. The molecular formula is C56H42O12. The number of rotatable bonds is 5. The quantitative estimate of drug-likeness (QED) is 0.0780. The maximum Gasteiger partial charge on any atom is 0.135 e. The molecule has 0 saturated heterocycles. The Bertz CT molecular complexity index is 3110. The van der Waals surface area contributed by atoms with Crippen molar-refractivity contribution in [1.29, 1.82) is 0 Å². The van der Waals surface area contributed by atoms with E-state index < -0.39 is 47.7 Å². The number of fused-ring (bicyclic) bond motifs is 4. The van der Waals surface area contributed by atoms with Crippen LogP contribution in [-0.4, -0.2) is 51.1 Å². The maximum atomic E-state index is 12.5. The minimum Gasteiger partial charge on any atom is -0.508 e. The number of hydrogen-bond donors (Lipinski definition) is 10. The molecule has 10 N–H and O–H groups in total. The van der Waals surface area contributed by atoms with Gasteiger partial charge in [-0.25, -0.2) is 0 Å². The van der Waals surface area contributed by atoms with Gasteiger partial charge in [0.1, 0.15) is 81.2 Å². The third-order valence-corrected chi connectivity index (χ3v) is 14.5. The second-order valence-electron chi connectivity index (χ2n) is 18.2. The fourth-order valence-electron chi connectivity index (χ4n) is 12.0. The van der Waals surface area contributed by atoms with Crippen molar-refractivity contribution in [3.63, 3.8) is 0 Å². The first-order valence-electron chi connectivity index (χ1n) is 22.2. The van der Waals surface area contributed by atoms with Crippen molar-refractivity contribution < 1.29 is 60.5 Å². The van der Waals surface area contributed by atoms with Gasteiger partial charge in [-0.1, -0.05) is 48.5 Å². The second kappa shape index (κ2) is 14.9. The Balaban J connectivity index is 1.25. The number of hydrogen-bond acceptors (Lipinski definition) is 12. The van der Waals surface area contributed by atoms with E-state index in [9.17, 15) is 51.1 Å². The summed E-state index contributed by atoms with van der Waals surface area (Å²) < 4.78 is 13.7. The molecule has 2 unspecified atom stereocenters. The Morgan fingerprint density at radius 2 is 0.559 bits per heavy atom. The number of phenols is 10. The van der Waals surface area contributed by atoms with Crippen molar-refractivity contribution in [3.8, 4) is 69.0 Å². The molecule has 4 aliphatic rings. The van der Waals surface area contributed by atoms with Crippen LogP contribution >= 0.6 is 0 Å². The molecule has 0 amide bonds. The normalized spacial score (nSPS) is 22.6. The van der Waals surface area contributed by atoms with Gasteiger partial charge in [0.15, 0.2) is 0 Å². The van der Waals surface area contributed by atoms with Crippen LogP contribution in [0.5, 0.6) is 69.0 Å². The van der Waals surface area contributed by atoms with Crippen molar-refractivity contribution in [3.05, 3.63) is 212 Å². The molecule has 8 aromatic rings. The molecule has 0 spiro atoms. The Hall–Kier alpha value is -8.64. The smallest absolute Gasteiger partial charge is 0.135 e. The van der Waals surface area contributed by atoms with Gasteiger partial charge in [0.2, 0.25) is 0 Å². The number of phenolic OH excluding ortho intramolecular Hbond substituents is 10. The Morgan fingerprint density at radius 1 is 0.265 bits per heavy atom. The van der Waals surface area contributed by atoms with E-state index in [0.717, 1.165) is 0 Å². The summed E-state index contributed by atoms with van der Waals surface area (Å²) in [5, 5.41) is 114. The monoisotopic (exact) mass is 906 g/mol. The first-order valence-corrected chi connectivity index (χ1v) is 22.2. The highest BCUT2D eigenvalue weighted by Gasteiger charge is 2.55. The van der Waals surface area contributed by atoms with Crippen LogP contribution in [0.25, 0.3) is 0 Å². The Morgan fingerprint density at radius 3 is 0.897 bits per heavy atom. The van der Waals surface area contributed by atoms with Crippen molar-refractivity contribution >= 4 is 0 Å². The topological polar surface area (TPSA) is 221 Å². The van der Waals surface area contributed by atoms with E-state index in [2.05, 4.69) is 0 Å². The van der Waals surface area contributed by atoms with Crippen LogP contribution < -0.4 is 9.47 Å². The molecule has 0 fully saturated rings. The Labute approximate surface area is 388 Å². The third kappa shape index (κ3) is 6.20. The minimum absolute atomic E-state index is 0.0182. The first kappa shape index (κ1) is 40.8. The van der Waals surface area contributed by atoms with E-state index in [4.69, 9.17) is 9.47 Å². The van der Waals surface area contributed by atoms with Crippen molar-refractivity contribution in [2.45, 2.75) is 47.7 Å². The van der Waals surface area contributed by atoms with Crippen molar-refractivity contribution in [2.24, 2.45) is 0 Å². The van der Waals surface area contributed by atoms with Gasteiger partial charge in [0, 0.05) is 70.2 Å². The number of benzene rings is 8. The molecule has 0 bridgehead atoms. The van der Waals surface area contributed by atoms with Crippen LogP contribution in [0.15, 0.2) is 146 Å². The summed E-state index contributed by atoms with van der Waals surface area (Å²) in [5.41, 5.74) is 6.75. The predicted molar refractivity (Wildman–Crippen MR) is 248 cm³/mol. The van der Waals surface area contributed by atoms with Gasteiger partial charge >= 0.3 is 0 Å². The summed E-state index contributed by atoms with van der Waals surface area (Å²) >= 11 is 0. The van der Waals surface area contributed by atoms with E-state index in [1.54, 1.807) is 121 Å². The predicted octanol–water partition coefficient (Wildman–Crippen LogP) is 10.4. The average Bonchev–Trinajstić information content (AvgIpc) is 3.81. The van der Waals surface area contributed by atoms with Crippen molar-refractivity contribution in [2.75, 3.05) is 0 Å². The lowest BCUT2D eigenvalue weighted by atomic mass is 9.62.